The van der Waals surface area contributed by atoms with E-state index < -0.39 is 46.6 Å². The first-order valence-corrected chi connectivity index (χ1v) is 8.06. The van der Waals surface area contributed by atoms with E-state index in [0.29, 0.717) is 18.3 Å². The van der Waals surface area contributed by atoms with E-state index in [1.807, 2.05) is 0 Å². The van der Waals surface area contributed by atoms with Crippen LogP contribution in [-0.2, 0) is 0 Å². The number of benzene rings is 2. The minimum Gasteiger partial charge on any atom is -0.319 e. The molecule has 0 saturated carbocycles. The molecule has 1 unspecified atom stereocenters. The summed E-state index contributed by atoms with van der Waals surface area (Å²) in [6.45, 7) is 0. The lowest BCUT2D eigenvalue weighted by atomic mass is 9.93. The molecule has 4 nitrogen and oxygen atoms in total. The normalized spacial score (nSPS) is 12.8. The molecule has 0 bridgehead atoms. The Morgan fingerprint density at radius 1 is 1.21 bits per heavy atom. The van der Waals surface area contributed by atoms with Crippen LogP contribution in [-0.4, -0.2) is 31.1 Å². The molecule has 2 N–H and O–H groups in total. The minimum absolute atomic E-state index is 0.00268. The molecule has 0 aromatic heterocycles. The average Bonchev–Trinajstić information content (AvgIpc) is 2.61. The number of alkyl halides is 3. The predicted molar refractivity (Wildman–Crippen MR) is 96.7 cm³/mol. The zero-order valence-corrected chi connectivity index (χ0v) is 15.0. The fourth-order valence-electron chi connectivity index (χ4n) is 2.37. The van der Waals surface area contributed by atoms with Crippen LogP contribution in [0.4, 0.5) is 27.6 Å². The molecule has 0 aliphatic carbocycles. The largest absolute Gasteiger partial charge is 0.429 e. The van der Waals surface area contributed by atoms with Crippen molar-refractivity contribution >= 4 is 35.1 Å². The van der Waals surface area contributed by atoms with Gasteiger partial charge in [-0.05, 0) is 18.2 Å². The maximum absolute atomic E-state index is 14.4. The van der Waals surface area contributed by atoms with Crippen molar-refractivity contribution in [2.75, 3.05) is 12.4 Å². The van der Waals surface area contributed by atoms with E-state index >= 15 is 0 Å². The van der Waals surface area contributed by atoms with Crippen LogP contribution in [0.15, 0.2) is 41.4 Å². The third-order valence-corrected chi connectivity index (χ3v) is 4.03. The number of hydrogen-bond acceptors (Lipinski definition) is 3. The van der Waals surface area contributed by atoms with E-state index in [2.05, 4.69) is 10.3 Å². The molecule has 0 spiro atoms. The Hall–Kier alpha value is -2.81. The quantitative estimate of drug-likeness (QED) is 0.507. The van der Waals surface area contributed by atoms with Crippen LogP contribution < -0.4 is 5.32 Å². The first-order valence-electron chi connectivity index (χ1n) is 7.69. The van der Waals surface area contributed by atoms with E-state index in [9.17, 15) is 26.7 Å². The predicted octanol–water partition coefficient (Wildman–Crippen LogP) is 5.24. The van der Waals surface area contributed by atoms with Crippen LogP contribution in [0.5, 0.6) is 0 Å². The van der Waals surface area contributed by atoms with E-state index in [1.54, 1.807) is 6.07 Å². The lowest BCUT2D eigenvalue weighted by Gasteiger charge is -2.18. The summed E-state index contributed by atoms with van der Waals surface area (Å²) in [4.78, 5) is 15.6. The van der Waals surface area contributed by atoms with Crippen molar-refractivity contribution < 1.29 is 26.7 Å². The van der Waals surface area contributed by atoms with Gasteiger partial charge in [0.2, 0.25) is 0 Å². The van der Waals surface area contributed by atoms with Crippen LogP contribution in [0, 0.1) is 17.0 Å². The highest BCUT2D eigenvalue weighted by Crippen LogP contribution is 2.31. The van der Waals surface area contributed by atoms with E-state index in [0.717, 1.165) is 7.05 Å². The number of nitrogens with zero attached hydrogens (tertiary/aromatic N) is 1. The number of hydrogen-bond donors (Lipinski definition) is 2. The summed E-state index contributed by atoms with van der Waals surface area (Å²) in [6.07, 6.45) is -4.36. The van der Waals surface area contributed by atoms with Crippen molar-refractivity contribution in [1.29, 1.82) is 5.41 Å². The van der Waals surface area contributed by atoms with Gasteiger partial charge in [0.25, 0.3) is 5.91 Å². The van der Waals surface area contributed by atoms with Crippen LogP contribution in [0.25, 0.3) is 0 Å². The molecule has 0 radical (unpaired) electrons. The van der Waals surface area contributed by atoms with Gasteiger partial charge in [-0.1, -0.05) is 23.7 Å². The third-order valence-electron chi connectivity index (χ3n) is 3.70. The highest BCUT2D eigenvalue weighted by Gasteiger charge is 2.40. The van der Waals surface area contributed by atoms with Crippen molar-refractivity contribution in [1.82, 2.24) is 0 Å². The van der Waals surface area contributed by atoms with Crippen molar-refractivity contribution in [3.8, 4) is 0 Å². The first-order chi connectivity index (χ1) is 13.1. The van der Waals surface area contributed by atoms with Gasteiger partial charge in [0.05, 0.1) is 22.2 Å². The maximum Gasteiger partial charge on any atom is 0.429 e. The fraction of sp³-hybridized carbons (Fsp3) is 0.167. The molecule has 0 heterocycles. The molecule has 1 atom stereocenters. The Kier molecular flexibility index (Phi) is 6.50. The van der Waals surface area contributed by atoms with Crippen molar-refractivity contribution in [3.63, 3.8) is 0 Å². The lowest BCUT2D eigenvalue weighted by Crippen LogP contribution is -2.30. The minimum atomic E-state index is -5.05. The maximum atomic E-state index is 14.4. The van der Waals surface area contributed by atoms with Crippen molar-refractivity contribution in [2.45, 2.75) is 12.1 Å². The van der Waals surface area contributed by atoms with Gasteiger partial charge in [-0.2, -0.15) is 13.2 Å². The molecule has 0 aliphatic rings. The molecule has 28 heavy (non-hydrogen) atoms. The van der Waals surface area contributed by atoms with Gasteiger partial charge in [-0.25, -0.2) is 8.78 Å². The molecular formula is C18H13ClF5N3O. The van der Waals surface area contributed by atoms with E-state index in [1.165, 1.54) is 18.2 Å². The Labute approximate surface area is 161 Å². The van der Waals surface area contributed by atoms with Gasteiger partial charge >= 0.3 is 6.18 Å². The molecule has 2 aromatic carbocycles. The van der Waals surface area contributed by atoms with Crippen LogP contribution in [0.2, 0.25) is 5.02 Å². The molecule has 148 valence electrons. The number of rotatable bonds is 5. The molecule has 1 amide bonds. The molecule has 10 heteroatoms. The topological polar surface area (TPSA) is 65.3 Å². The monoisotopic (exact) mass is 417 g/mol. The summed E-state index contributed by atoms with van der Waals surface area (Å²) >= 11 is 5.86. The first kappa shape index (κ1) is 21.5. The molecule has 0 saturated heterocycles. The molecular weight excluding hydrogens is 405 g/mol. The van der Waals surface area contributed by atoms with Crippen LogP contribution in [0.1, 0.15) is 21.8 Å². The number of carbonyl (C=O) groups excluding carboxylic acids is 1. The summed E-state index contributed by atoms with van der Waals surface area (Å²) in [7, 11) is 1.14. The standard InChI is InChI=1S/C18H13ClF5N3O/c1-26-8-11(16(25)18(22,23)24)10-6-14(21)15(7-13(10)20)27-17(28)9-4-2-3-5-12(9)19/h2-8,11,25H,1H3,(H,27,28). The van der Waals surface area contributed by atoms with Gasteiger partial charge < -0.3 is 5.32 Å². The fourth-order valence-corrected chi connectivity index (χ4v) is 2.59. The van der Waals surface area contributed by atoms with E-state index in [4.69, 9.17) is 17.0 Å². The summed E-state index contributed by atoms with van der Waals surface area (Å²) in [5.41, 5.74) is -3.12. The number of aliphatic imine (C=N–C) groups is 1. The van der Waals surface area contributed by atoms with Gasteiger partial charge in [0, 0.05) is 24.9 Å². The Morgan fingerprint density at radius 2 is 1.86 bits per heavy atom. The van der Waals surface area contributed by atoms with Crippen LogP contribution >= 0.6 is 11.6 Å². The zero-order chi connectivity index (χ0) is 21.1. The molecule has 2 aromatic rings. The number of amides is 1. The average molecular weight is 418 g/mol. The van der Waals surface area contributed by atoms with Crippen molar-refractivity contribution in [3.05, 3.63) is 64.2 Å². The second-order valence-electron chi connectivity index (χ2n) is 5.58. The van der Waals surface area contributed by atoms with E-state index in [-0.39, 0.29) is 10.6 Å². The number of carbonyl (C=O) groups is 1. The SMILES string of the molecule is CN=CC(C(=N)C(F)(F)F)c1cc(F)c(NC(=O)c2ccccc2Cl)cc1F. The van der Waals surface area contributed by atoms with Gasteiger partial charge in [-0.15, -0.1) is 0 Å². The second kappa shape index (κ2) is 8.47. The third kappa shape index (κ3) is 4.72. The number of halogens is 6. The van der Waals surface area contributed by atoms with Gasteiger partial charge in [-0.3, -0.25) is 15.2 Å². The lowest BCUT2D eigenvalue weighted by molar-refractivity contribution is -0.0612. The van der Waals surface area contributed by atoms with Gasteiger partial charge in [0.1, 0.15) is 17.3 Å². The summed E-state index contributed by atoms with van der Waals surface area (Å²) in [5, 5.41) is 9.42. The summed E-state index contributed by atoms with van der Waals surface area (Å²) in [5.74, 6) is -5.18. The Morgan fingerprint density at radius 3 is 2.43 bits per heavy atom. The number of nitrogens with one attached hydrogen (secondary N) is 2. The smallest absolute Gasteiger partial charge is 0.319 e. The van der Waals surface area contributed by atoms with Gasteiger partial charge in [0.15, 0.2) is 0 Å². The highest BCUT2D eigenvalue weighted by molar-refractivity contribution is 6.34. The molecule has 0 fully saturated rings. The summed E-state index contributed by atoms with van der Waals surface area (Å²) < 4.78 is 67.3. The Balaban J connectivity index is 2.40. The molecule has 2 rings (SSSR count). The second-order valence-corrected chi connectivity index (χ2v) is 5.99. The van der Waals surface area contributed by atoms with Crippen molar-refractivity contribution in [2.24, 2.45) is 4.99 Å². The molecule has 0 aliphatic heterocycles. The Bertz CT molecular complexity index is 943. The summed E-state index contributed by atoms with van der Waals surface area (Å²) in [6, 6.07) is 6.90. The zero-order valence-electron chi connectivity index (χ0n) is 14.2. The highest BCUT2D eigenvalue weighted by atomic mass is 35.5. The number of anilines is 1. The van der Waals surface area contributed by atoms with Crippen LogP contribution in [0.3, 0.4) is 0 Å².